The number of azide groups is 1. The molecule has 0 aromatic heterocycles. The lowest BCUT2D eigenvalue weighted by molar-refractivity contribution is 0.0696. The third kappa shape index (κ3) is 1.78. The lowest BCUT2D eigenvalue weighted by atomic mass is 9.99. The minimum atomic E-state index is -1.01. The summed E-state index contributed by atoms with van der Waals surface area (Å²) < 4.78 is 5.36. The molecule has 1 aromatic carbocycles. The maximum Gasteiger partial charge on any atom is 0.335 e. The van der Waals surface area contributed by atoms with Gasteiger partial charge in [0.1, 0.15) is 5.75 Å². The van der Waals surface area contributed by atoms with Crippen LogP contribution >= 0.6 is 0 Å². The van der Waals surface area contributed by atoms with Crippen molar-refractivity contribution in [3.63, 3.8) is 0 Å². The van der Waals surface area contributed by atoms with Crippen molar-refractivity contribution >= 4 is 5.97 Å². The maximum atomic E-state index is 10.8. The van der Waals surface area contributed by atoms with Gasteiger partial charge in [0.05, 0.1) is 18.2 Å². The summed E-state index contributed by atoms with van der Waals surface area (Å²) in [4.78, 5) is 13.6. The van der Waals surface area contributed by atoms with Gasteiger partial charge in [-0.1, -0.05) is 5.11 Å². The standard InChI is InChI=1S/C10H9N3O3/c11-13-12-8-3-4-16-9-2-1-6(10(14)15)5-7(8)9/h1-2,5,8H,3-4H2,(H,14,15)/t8-/m1/s1. The molecule has 0 unspecified atom stereocenters. The van der Waals surface area contributed by atoms with Gasteiger partial charge in [-0.25, -0.2) is 4.79 Å². The molecule has 6 heteroatoms. The number of ether oxygens (including phenoxy) is 1. The first-order valence-corrected chi connectivity index (χ1v) is 4.76. The molecule has 82 valence electrons. The largest absolute Gasteiger partial charge is 0.493 e. The Morgan fingerprint density at radius 2 is 2.44 bits per heavy atom. The molecule has 1 heterocycles. The molecule has 0 spiro atoms. The molecule has 0 saturated carbocycles. The Labute approximate surface area is 91.1 Å². The fourth-order valence-corrected chi connectivity index (χ4v) is 1.69. The normalized spacial score (nSPS) is 17.9. The molecule has 16 heavy (non-hydrogen) atoms. The number of carbonyl (C=O) groups is 1. The SMILES string of the molecule is [N-]=[N+]=N[C@@H]1CCOc2ccc(C(=O)O)cc21. The highest BCUT2D eigenvalue weighted by atomic mass is 16.5. The number of hydrogen-bond acceptors (Lipinski definition) is 3. The number of nitrogens with zero attached hydrogens (tertiary/aromatic N) is 3. The van der Waals surface area contributed by atoms with Gasteiger partial charge in [0, 0.05) is 10.5 Å². The number of carboxylic acids is 1. The van der Waals surface area contributed by atoms with E-state index in [1.165, 1.54) is 12.1 Å². The monoisotopic (exact) mass is 219 g/mol. The third-order valence-corrected chi connectivity index (χ3v) is 2.46. The van der Waals surface area contributed by atoms with Crippen LogP contribution in [0.4, 0.5) is 0 Å². The Kier molecular flexibility index (Phi) is 2.66. The van der Waals surface area contributed by atoms with Gasteiger partial charge < -0.3 is 9.84 Å². The van der Waals surface area contributed by atoms with Gasteiger partial charge in [-0.05, 0) is 30.2 Å². The van der Waals surface area contributed by atoms with Gasteiger partial charge in [-0.2, -0.15) is 0 Å². The van der Waals surface area contributed by atoms with Gasteiger partial charge in [0.25, 0.3) is 0 Å². The van der Waals surface area contributed by atoms with E-state index in [2.05, 4.69) is 10.0 Å². The predicted molar refractivity (Wildman–Crippen MR) is 55.4 cm³/mol. The number of carboxylic acid groups (broad SMARTS) is 1. The molecule has 1 N–H and O–H groups in total. The van der Waals surface area contributed by atoms with Gasteiger partial charge in [0.2, 0.25) is 0 Å². The Morgan fingerprint density at radius 3 is 3.12 bits per heavy atom. The van der Waals surface area contributed by atoms with Crippen LogP contribution in [0.3, 0.4) is 0 Å². The van der Waals surface area contributed by atoms with E-state index in [1.807, 2.05) is 0 Å². The summed E-state index contributed by atoms with van der Waals surface area (Å²) in [7, 11) is 0. The van der Waals surface area contributed by atoms with E-state index in [0.29, 0.717) is 24.3 Å². The lowest BCUT2D eigenvalue weighted by Crippen LogP contribution is -2.13. The zero-order chi connectivity index (χ0) is 11.5. The zero-order valence-electron chi connectivity index (χ0n) is 8.33. The zero-order valence-corrected chi connectivity index (χ0v) is 8.33. The minimum Gasteiger partial charge on any atom is -0.493 e. The fraction of sp³-hybridized carbons (Fsp3) is 0.300. The second-order valence-corrected chi connectivity index (χ2v) is 3.42. The van der Waals surface area contributed by atoms with Crippen LogP contribution in [-0.4, -0.2) is 17.7 Å². The molecular formula is C10H9N3O3. The van der Waals surface area contributed by atoms with Crippen LogP contribution in [0, 0.1) is 0 Å². The summed E-state index contributed by atoms with van der Waals surface area (Å²) in [6, 6.07) is 4.22. The molecule has 1 aromatic rings. The molecule has 0 saturated heterocycles. The Morgan fingerprint density at radius 1 is 1.62 bits per heavy atom. The first-order chi connectivity index (χ1) is 7.72. The molecule has 6 nitrogen and oxygen atoms in total. The quantitative estimate of drug-likeness (QED) is 0.470. The highest BCUT2D eigenvalue weighted by Crippen LogP contribution is 2.35. The predicted octanol–water partition coefficient (Wildman–Crippen LogP) is 2.52. The molecular weight excluding hydrogens is 210 g/mol. The number of hydrogen-bond donors (Lipinski definition) is 1. The Hall–Kier alpha value is -2.20. The number of rotatable bonds is 2. The summed E-state index contributed by atoms with van der Waals surface area (Å²) in [6.45, 7) is 0.475. The van der Waals surface area contributed by atoms with Crippen molar-refractivity contribution in [1.82, 2.24) is 0 Å². The van der Waals surface area contributed by atoms with Crippen molar-refractivity contribution in [2.75, 3.05) is 6.61 Å². The molecule has 1 aliphatic heterocycles. The van der Waals surface area contributed by atoms with Crippen LogP contribution in [0.5, 0.6) is 5.75 Å². The summed E-state index contributed by atoms with van der Waals surface area (Å²) in [6.07, 6.45) is 0.570. The van der Waals surface area contributed by atoms with Crippen LogP contribution < -0.4 is 4.74 Å². The highest BCUT2D eigenvalue weighted by Gasteiger charge is 2.21. The average Bonchev–Trinajstić information content (AvgIpc) is 2.29. The second-order valence-electron chi connectivity index (χ2n) is 3.42. The topological polar surface area (TPSA) is 95.3 Å². The van der Waals surface area contributed by atoms with E-state index in [1.54, 1.807) is 6.07 Å². The molecule has 0 bridgehead atoms. The van der Waals surface area contributed by atoms with Crippen LogP contribution in [0.2, 0.25) is 0 Å². The Balaban J connectivity index is 2.48. The Bertz CT molecular complexity index is 480. The molecule has 0 radical (unpaired) electrons. The summed E-state index contributed by atoms with van der Waals surface area (Å²) in [5, 5.41) is 12.5. The number of aromatic carboxylic acids is 1. The van der Waals surface area contributed by atoms with Gasteiger partial charge in [-0.15, -0.1) is 0 Å². The van der Waals surface area contributed by atoms with E-state index in [-0.39, 0.29) is 11.6 Å². The minimum absolute atomic E-state index is 0.169. The van der Waals surface area contributed by atoms with E-state index in [0.717, 1.165) is 0 Å². The molecule has 1 aliphatic rings. The van der Waals surface area contributed by atoms with Crippen LogP contribution in [0.15, 0.2) is 23.3 Å². The first-order valence-electron chi connectivity index (χ1n) is 4.76. The smallest absolute Gasteiger partial charge is 0.335 e. The van der Waals surface area contributed by atoms with Crippen LogP contribution in [-0.2, 0) is 0 Å². The third-order valence-electron chi connectivity index (χ3n) is 2.46. The highest BCUT2D eigenvalue weighted by molar-refractivity contribution is 5.88. The summed E-state index contributed by atoms with van der Waals surface area (Å²) in [5.41, 5.74) is 9.24. The van der Waals surface area contributed by atoms with E-state index >= 15 is 0 Å². The van der Waals surface area contributed by atoms with Crippen LogP contribution in [0.1, 0.15) is 28.4 Å². The summed E-state index contributed by atoms with van der Waals surface area (Å²) in [5.74, 6) is -0.415. The average molecular weight is 219 g/mol. The van der Waals surface area contributed by atoms with E-state index in [4.69, 9.17) is 15.4 Å². The first kappa shape index (κ1) is 10.3. The fourth-order valence-electron chi connectivity index (χ4n) is 1.69. The number of benzene rings is 1. The number of fused-ring (bicyclic) bond motifs is 1. The van der Waals surface area contributed by atoms with E-state index < -0.39 is 5.97 Å². The van der Waals surface area contributed by atoms with Crippen molar-refractivity contribution in [3.8, 4) is 5.75 Å². The molecule has 0 fully saturated rings. The lowest BCUT2D eigenvalue weighted by Gasteiger charge is -2.22. The van der Waals surface area contributed by atoms with Crippen molar-refractivity contribution < 1.29 is 14.6 Å². The van der Waals surface area contributed by atoms with Crippen molar-refractivity contribution in [2.45, 2.75) is 12.5 Å². The van der Waals surface area contributed by atoms with Crippen LogP contribution in [0.25, 0.3) is 10.4 Å². The molecule has 0 aliphatic carbocycles. The molecule has 0 amide bonds. The van der Waals surface area contributed by atoms with Gasteiger partial charge in [-0.3, -0.25) is 0 Å². The van der Waals surface area contributed by atoms with Crippen molar-refractivity contribution in [3.05, 3.63) is 39.8 Å². The van der Waals surface area contributed by atoms with Gasteiger partial charge >= 0.3 is 5.97 Å². The van der Waals surface area contributed by atoms with E-state index in [9.17, 15) is 4.79 Å². The van der Waals surface area contributed by atoms with Crippen molar-refractivity contribution in [2.24, 2.45) is 5.11 Å². The maximum absolute atomic E-state index is 10.8. The summed E-state index contributed by atoms with van der Waals surface area (Å²) >= 11 is 0. The molecule has 1 atom stereocenters. The molecule has 2 rings (SSSR count). The second kappa shape index (κ2) is 4.12. The van der Waals surface area contributed by atoms with Crippen molar-refractivity contribution in [1.29, 1.82) is 0 Å². The van der Waals surface area contributed by atoms with Gasteiger partial charge in [0.15, 0.2) is 0 Å².